The lowest BCUT2D eigenvalue weighted by Gasteiger charge is -2.20. The zero-order valence-electron chi connectivity index (χ0n) is 11.5. The first-order valence-electron chi connectivity index (χ1n) is 6.12. The van der Waals surface area contributed by atoms with E-state index in [1.165, 1.54) is 6.92 Å². The molecule has 0 atom stereocenters. The lowest BCUT2D eigenvalue weighted by Crippen LogP contribution is -2.38. The Balaban J connectivity index is 2.33. The fourth-order valence-corrected chi connectivity index (χ4v) is 1.43. The van der Waals surface area contributed by atoms with Crippen molar-refractivity contribution in [2.24, 2.45) is 0 Å². The Morgan fingerprint density at radius 3 is 2.33 bits per heavy atom. The maximum atomic E-state index is 10.9. The van der Waals surface area contributed by atoms with Crippen LogP contribution in [-0.4, -0.2) is 24.6 Å². The Labute approximate surface area is 109 Å². The van der Waals surface area contributed by atoms with E-state index in [2.05, 4.69) is 31.4 Å². The number of carbonyl (C=O) groups is 1. The third kappa shape index (κ3) is 6.25. The van der Waals surface area contributed by atoms with Gasteiger partial charge in [-0.2, -0.15) is 0 Å². The van der Waals surface area contributed by atoms with E-state index in [9.17, 15) is 4.79 Å². The van der Waals surface area contributed by atoms with Gasteiger partial charge in [0, 0.05) is 24.7 Å². The molecule has 1 amide bonds. The highest BCUT2D eigenvalue weighted by Gasteiger charge is 2.07. The maximum Gasteiger partial charge on any atom is 0.221 e. The van der Waals surface area contributed by atoms with Gasteiger partial charge in [0.2, 0.25) is 5.91 Å². The molecule has 2 N–H and O–H groups in total. The van der Waals surface area contributed by atoms with Gasteiger partial charge in [-0.05, 0) is 45.0 Å². The largest absolute Gasteiger partial charge is 0.492 e. The average molecular weight is 250 g/mol. The molecule has 0 saturated carbocycles. The fraction of sp³-hybridized carbons (Fsp3) is 0.500. The first-order valence-corrected chi connectivity index (χ1v) is 6.12. The van der Waals surface area contributed by atoms with Gasteiger partial charge in [0.05, 0.1) is 0 Å². The molecule has 0 aromatic heterocycles. The summed E-state index contributed by atoms with van der Waals surface area (Å²) in [6, 6.07) is 7.35. The molecule has 0 saturated heterocycles. The molecule has 0 heterocycles. The van der Waals surface area contributed by atoms with Crippen molar-refractivity contribution in [3.63, 3.8) is 0 Å². The number of carbonyl (C=O) groups excluding carboxylic acids is 1. The Kier molecular flexibility index (Phi) is 5.16. The lowest BCUT2D eigenvalue weighted by molar-refractivity contribution is -0.114. The maximum absolute atomic E-state index is 10.9. The molecule has 0 bridgehead atoms. The Bertz CT molecular complexity index is 380. The van der Waals surface area contributed by atoms with Gasteiger partial charge in [0.1, 0.15) is 12.4 Å². The molecule has 1 aromatic rings. The van der Waals surface area contributed by atoms with Crippen LogP contribution >= 0.6 is 0 Å². The van der Waals surface area contributed by atoms with E-state index < -0.39 is 0 Å². The second kappa shape index (κ2) is 6.40. The van der Waals surface area contributed by atoms with Crippen LogP contribution < -0.4 is 15.4 Å². The van der Waals surface area contributed by atoms with Crippen molar-refractivity contribution in [2.75, 3.05) is 18.5 Å². The Morgan fingerprint density at radius 2 is 1.83 bits per heavy atom. The summed E-state index contributed by atoms with van der Waals surface area (Å²) in [5, 5.41) is 6.06. The third-order valence-corrected chi connectivity index (χ3v) is 2.20. The van der Waals surface area contributed by atoms with Crippen molar-refractivity contribution < 1.29 is 9.53 Å². The fourth-order valence-electron chi connectivity index (χ4n) is 1.43. The van der Waals surface area contributed by atoms with Crippen LogP contribution in [0.25, 0.3) is 0 Å². The number of ether oxygens (including phenoxy) is 1. The predicted octanol–water partition coefficient (Wildman–Crippen LogP) is 2.41. The van der Waals surface area contributed by atoms with Crippen molar-refractivity contribution in [1.82, 2.24) is 5.32 Å². The van der Waals surface area contributed by atoms with E-state index >= 15 is 0 Å². The molecule has 0 fully saturated rings. The Morgan fingerprint density at radius 1 is 1.22 bits per heavy atom. The average Bonchev–Trinajstić information content (AvgIpc) is 2.24. The third-order valence-electron chi connectivity index (χ3n) is 2.20. The molecule has 18 heavy (non-hydrogen) atoms. The van der Waals surface area contributed by atoms with Crippen LogP contribution in [-0.2, 0) is 4.79 Å². The van der Waals surface area contributed by atoms with Crippen LogP contribution in [0.15, 0.2) is 24.3 Å². The first kappa shape index (κ1) is 14.5. The molecule has 0 unspecified atom stereocenters. The smallest absolute Gasteiger partial charge is 0.221 e. The lowest BCUT2D eigenvalue weighted by atomic mass is 10.1. The van der Waals surface area contributed by atoms with Crippen LogP contribution in [0.2, 0.25) is 0 Å². The molecule has 4 nitrogen and oxygen atoms in total. The molecule has 4 heteroatoms. The summed E-state index contributed by atoms with van der Waals surface area (Å²) in [5.74, 6) is 0.734. The van der Waals surface area contributed by atoms with Gasteiger partial charge in [0.15, 0.2) is 0 Å². The predicted molar refractivity (Wildman–Crippen MR) is 74.0 cm³/mol. The molecule has 0 aliphatic rings. The van der Waals surface area contributed by atoms with Crippen LogP contribution in [0.3, 0.4) is 0 Å². The minimum atomic E-state index is -0.0713. The highest BCUT2D eigenvalue weighted by molar-refractivity contribution is 5.88. The molecule has 0 aliphatic carbocycles. The van der Waals surface area contributed by atoms with Crippen molar-refractivity contribution >= 4 is 11.6 Å². The molecule has 100 valence electrons. The zero-order chi connectivity index (χ0) is 13.6. The highest BCUT2D eigenvalue weighted by atomic mass is 16.5. The molecule has 0 aliphatic heterocycles. The number of nitrogens with one attached hydrogen (secondary N) is 2. The van der Waals surface area contributed by atoms with Crippen molar-refractivity contribution in [3.8, 4) is 5.75 Å². The minimum Gasteiger partial charge on any atom is -0.492 e. The topological polar surface area (TPSA) is 50.4 Å². The second-order valence-corrected chi connectivity index (χ2v) is 5.23. The summed E-state index contributed by atoms with van der Waals surface area (Å²) < 4.78 is 5.59. The monoisotopic (exact) mass is 250 g/mol. The minimum absolute atomic E-state index is 0.0713. The molecular weight excluding hydrogens is 228 g/mol. The molecule has 0 spiro atoms. The number of rotatable bonds is 5. The number of hydrogen-bond donors (Lipinski definition) is 2. The van der Waals surface area contributed by atoms with E-state index in [0.717, 1.165) is 18.0 Å². The highest BCUT2D eigenvalue weighted by Crippen LogP contribution is 2.15. The first-order chi connectivity index (χ1) is 8.37. The summed E-state index contributed by atoms with van der Waals surface area (Å²) in [5.41, 5.74) is 0.890. The van der Waals surface area contributed by atoms with E-state index in [4.69, 9.17) is 4.74 Å². The summed E-state index contributed by atoms with van der Waals surface area (Å²) in [6.45, 7) is 9.27. The van der Waals surface area contributed by atoms with Crippen LogP contribution in [0.5, 0.6) is 5.75 Å². The summed E-state index contributed by atoms with van der Waals surface area (Å²) in [7, 11) is 0. The number of hydrogen-bond acceptors (Lipinski definition) is 3. The van der Waals surface area contributed by atoms with E-state index in [1.807, 2.05) is 24.3 Å². The van der Waals surface area contributed by atoms with E-state index in [1.54, 1.807) is 0 Å². The van der Waals surface area contributed by atoms with E-state index in [-0.39, 0.29) is 11.4 Å². The zero-order valence-corrected chi connectivity index (χ0v) is 11.5. The molecule has 1 aromatic carbocycles. The SMILES string of the molecule is CC(=O)Nc1ccc(OCCNC(C)(C)C)cc1. The van der Waals surface area contributed by atoms with Crippen LogP contribution in [0.1, 0.15) is 27.7 Å². The standard InChI is InChI=1S/C14H22N2O2/c1-11(17)16-12-5-7-13(8-6-12)18-10-9-15-14(2,3)4/h5-8,15H,9-10H2,1-4H3,(H,16,17). The van der Waals surface area contributed by atoms with Crippen molar-refractivity contribution in [1.29, 1.82) is 0 Å². The quantitative estimate of drug-likeness (QED) is 0.789. The van der Waals surface area contributed by atoms with Crippen LogP contribution in [0.4, 0.5) is 5.69 Å². The summed E-state index contributed by atoms with van der Waals surface area (Å²) in [6.07, 6.45) is 0. The van der Waals surface area contributed by atoms with Crippen molar-refractivity contribution in [2.45, 2.75) is 33.2 Å². The number of benzene rings is 1. The van der Waals surface area contributed by atoms with Gasteiger partial charge in [-0.1, -0.05) is 0 Å². The summed E-state index contributed by atoms with van der Waals surface area (Å²) >= 11 is 0. The second-order valence-electron chi connectivity index (χ2n) is 5.23. The Hall–Kier alpha value is -1.55. The van der Waals surface area contributed by atoms with Gasteiger partial charge in [-0.25, -0.2) is 0 Å². The van der Waals surface area contributed by atoms with Crippen LogP contribution in [0, 0.1) is 0 Å². The molecule has 0 radical (unpaired) electrons. The molecule has 1 rings (SSSR count). The van der Waals surface area contributed by atoms with Crippen molar-refractivity contribution in [3.05, 3.63) is 24.3 Å². The van der Waals surface area contributed by atoms with Gasteiger partial charge < -0.3 is 15.4 Å². The van der Waals surface area contributed by atoms with Gasteiger partial charge >= 0.3 is 0 Å². The van der Waals surface area contributed by atoms with Gasteiger partial charge in [-0.3, -0.25) is 4.79 Å². The van der Waals surface area contributed by atoms with E-state index in [0.29, 0.717) is 6.61 Å². The molecular formula is C14H22N2O2. The normalized spacial score (nSPS) is 11.1. The number of amides is 1. The van der Waals surface area contributed by atoms with Gasteiger partial charge in [-0.15, -0.1) is 0 Å². The van der Waals surface area contributed by atoms with Gasteiger partial charge in [0.25, 0.3) is 0 Å². The number of anilines is 1. The summed E-state index contributed by atoms with van der Waals surface area (Å²) in [4.78, 5) is 10.9.